The molecule has 4 rings (SSSR count). The monoisotopic (exact) mass is 262 g/mol. The lowest BCUT2D eigenvalue weighted by Gasteiger charge is -2.38. The summed E-state index contributed by atoms with van der Waals surface area (Å²) in [6.07, 6.45) is 4.17. The van der Waals surface area contributed by atoms with Gasteiger partial charge in [0, 0.05) is 0 Å². The van der Waals surface area contributed by atoms with E-state index in [2.05, 4.69) is 67.6 Å². The molecule has 102 valence electrons. The summed E-state index contributed by atoms with van der Waals surface area (Å²) in [5.74, 6) is 2.39. The Bertz CT molecular complexity index is 586. The minimum absolute atomic E-state index is 0.437. The molecule has 0 aliphatic heterocycles. The number of benzene rings is 2. The van der Waals surface area contributed by atoms with Gasteiger partial charge in [-0.2, -0.15) is 0 Å². The van der Waals surface area contributed by atoms with Gasteiger partial charge in [-0.25, -0.2) is 0 Å². The van der Waals surface area contributed by atoms with Crippen LogP contribution in [-0.4, -0.2) is 0 Å². The lowest BCUT2D eigenvalue weighted by atomic mass is 9.66. The van der Waals surface area contributed by atoms with E-state index in [4.69, 9.17) is 0 Å². The molecule has 20 heavy (non-hydrogen) atoms. The minimum Gasteiger partial charge on any atom is -0.0622 e. The van der Waals surface area contributed by atoms with Gasteiger partial charge in [-0.3, -0.25) is 0 Å². The first kappa shape index (κ1) is 12.2. The van der Waals surface area contributed by atoms with Crippen molar-refractivity contribution >= 4 is 0 Å². The fraction of sp³-hybridized carbons (Fsp3) is 0.400. The Labute approximate surface area is 121 Å². The van der Waals surface area contributed by atoms with Crippen molar-refractivity contribution in [1.29, 1.82) is 0 Å². The van der Waals surface area contributed by atoms with E-state index in [9.17, 15) is 0 Å². The Morgan fingerprint density at radius 1 is 0.900 bits per heavy atom. The maximum atomic E-state index is 2.49. The average Bonchev–Trinajstić information content (AvgIpc) is 3.06. The molecule has 0 heterocycles. The van der Waals surface area contributed by atoms with Crippen LogP contribution in [0, 0.1) is 11.8 Å². The summed E-state index contributed by atoms with van der Waals surface area (Å²) in [6.45, 7) is 2.49. The average molecular weight is 262 g/mol. The molecule has 2 aromatic carbocycles. The van der Waals surface area contributed by atoms with Crippen LogP contribution in [0.4, 0.5) is 0 Å². The third kappa shape index (κ3) is 1.60. The van der Waals surface area contributed by atoms with Gasteiger partial charge in [-0.05, 0) is 53.6 Å². The van der Waals surface area contributed by atoms with E-state index >= 15 is 0 Å². The van der Waals surface area contributed by atoms with Crippen LogP contribution in [0.25, 0.3) is 0 Å². The lowest BCUT2D eigenvalue weighted by molar-refractivity contribution is 0.267. The van der Waals surface area contributed by atoms with Crippen molar-refractivity contribution in [2.24, 2.45) is 11.8 Å². The fourth-order valence-corrected chi connectivity index (χ4v) is 5.12. The molecule has 2 aliphatic carbocycles. The van der Waals surface area contributed by atoms with Gasteiger partial charge >= 0.3 is 0 Å². The predicted octanol–water partition coefficient (Wildman–Crippen LogP) is 5.16. The molecule has 0 nitrogen and oxygen atoms in total. The van der Waals surface area contributed by atoms with E-state index in [0.29, 0.717) is 5.41 Å². The number of rotatable bonds is 2. The first-order valence-electron chi connectivity index (χ1n) is 7.92. The van der Waals surface area contributed by atoms with E-state index in [0.717, 1.165) is 17.8 Å². The third-order valence-electron chi connectivity index (χ3n) is 6.04. The van der Waals surface area contributed by atoms with Crippen molar-refractivity contribution in [2.45, 2.75) is 37.5 Å². The van der Waals surface area contributed by atoms with E-state index < -0.39 is 0 Å². The molecule has 4 unspecified atom stereocenters. The second kappa shape index (κ2) is 4.48. The van der Waals surface area contributed by atoms with E-state index in [1.807, 2.05) is 0 Å². The highest BCUT2D eigenvalue weighted by Gasteiger charge is 2.56. The number of hydrogen-bond acceptors (Lipinski definition) is 0. The highest BCUT2D eigenvalue weighted by Crippen LogP contribution is 2.64. The van der Waals surface area contributed by atoms with Crippen molar-refractivity contribution in [3.8, 4) is 0 Å². The molecule has 0 spiro atoms. The van der Waals surface area contributed by atoms with Crippen LogP contribution >= 0.6 is 0 Å². The molecular weight excluding hydrogens is 240 g/mol. The summed E-state index contributed by atoms with van der Waals surface area (Å²) < 4.78 is 0. The molecule has 4 atom stereocenters. The minimum atomic E-state index is 0.437. The SMILES string of the molecule is CC1C(c2ccccc2)C2CCC1(c1ccccc1)C2. The predicted molar refractivity (Wildman–Crippen MR) is 83.8 cm³/mol. The molecule has 2 fully saturated rings. The maximum absolute atomic E-state index is 2.49. The van der Waals surface area contributed by atoms with Gasteiger partial charge in [0.2, 0.25) is 0 Å². The van der Waals surface area contributed by atoms with Crippen molar-refractivity contribution < 1.29 is 0 Å². The summed E-state index contributed by atoms with van der Waals surface area (Å²) >= 11 is 0. The Balaban J connectivity index is 1.75. The van der Waals surface area contributed by atoms with Gasteiger partial charge in [0.1, 0.15) is 0 Å². The molecule has 2 aromatic rings. The Hall–Kier alpha value is -1.56. The standard InChI is InChI=1S/C20H22/c1-15-19(16-8-4-2-5-9-16)17-12-13-20(15,14-17)18-10-6-3-7-11-18/h2-11,15,17,19H,12-14H2,1H3. The zero-order valence-corrected chi connectivity index (χ0v) is 12.1. The lowest BCUT2D eigenvalue weighted by Crippen LogP contribution is -2.31. The fourth-order valence-electron chi connectivity index (χ4n) is 5.12. The number of hydrogen-bond donors (Lipinski definition) is 0. The van der Waals surface area contributed by atoms with Crippen LogP contribution in [0.2, 0.25) is 0 Å². The molecule has 0 saturated heterocycles. The zero-order chi connectivity index (χ0) is 13.6. The van der Waals surface area contributed by atoms with Gasteiger partial charge < -0.3 is 0 Å². The summed E-state index contributed by atoms with van der Waals surface area (Å²) in [5.41, 5.74) is 3.57. The molecule has 2 bridgehead atoms. The third-order valence-corrected chi connectivity index (χ3v) is 6.04. The Morgan fingerprint density at radius 3 is 2.25 bits per heavy atom. The molecule has 0 N–H and O–H groups in total. The largest absolute Gasteiger partial charge is 0.0622 e. The maximum Gasteiger partial charge on any atom is -0.00125 e. The van der Waals surface area contributed by atoms with Crippen LogP contribution in [0.3, 0.4) is 0 Å². The highest BCUT2D eigenvalue weighted by atomic mass is 14.6. The first-order chi connectivity index (χ1) is 9.81. The van der Waals surface area contributed by atoms with Crippen LogP contribution in [0.15, 0.2) is 60.7 Å². The van der Waals surface area contributed by atoms with E-state index in [-0.39, 0.29) is 0 Å². The van der Waals surface area contributed by atoms with Gasteiger partial charge in [-0.15, -0.1) is 0 Å². The summed E-state index contributed by atoms with van der Waals surface area (Å²) in [4.78, 5) is 0. The van der Waals surface area contributed by atoms with Crippen molar-refractivity contribution in [3.05, 3.63) is 71.8 Å². The molecule has 0 amide bonds. The molecule has 0 heteroatoms. The quantitative estimate of drug-likeness (QED) is 0.701. The van der Waals surface area contributed by atoms with Crippen LogP contribution in [0.1, 0.15) is 43.2 Å². The molecular formula is C20H22. The number of fused-ring (bicyclic) bond motifs is 2. The van der Waals surface area contributed by atoms with E-state index in [1.54, 1.807) is 11.1 Å². The molecule has 2 aliphatic rings. The topological polar surface area (TPSA) is 0 Å². The first-order valence-corrected chi connectivity index (χ1v) is 7.92. The van der Waals surface area contributed by atoms with Crippen molar-refractivity contribution in [1.82, 2.24) is 0 Å². The summed E-state index contributed by atoms with van der Waals surface area (Å²) in [6, 6.07) is 22.5. The second-order valence-corrected chi connectivity index (χ2v) is 6.75. The van der Waals surface area contributed by atoms with Crippen LogP contribution in [-0.2, 0) is 5.41 Å². The molecule has 0 radical (unpaired) electrons. The van der Waals surface area contributed by atoms with Crippen molar-refractivity contribution in [2.75, 3.05) is 0 Å². The smallest absolute Gasteiger partial charge is 0.00125 e. The normalized spacial score (nSPS) is 35.4. The summed E-state index contributed by atoms with van der Waals surface area (Å²) in [5, 5.41) is 0. The van der Waals surface area contributed by atoms with E-state index in [1.165, 1.54) is 19.3 Å². The van der Waals surface area contributed by atoms with Gasteiger partial charge in [0.25, 0.3) is 0 Å². The Kier molecular flexibility index (Phi) is 2.73. The summed E-state index contributed by atoms with van der Waals surface area (Å²) in [7, 11) is 0. The Morgan fingerprint density at radius 2 is 1.55 bits per heavy atom. The van der Waals surface area contributed by atoms with Gasteiger partial charge in [0.05, 0.1) is 0 Å². The highest BCUT2D eigenvalue weighted by molar-refractivity contribution is 5.36. The van der Waals surface area contributed by atoms with Crippen molar-refractivity contribution in [3.63, 3.8) is 0 Å². The van der Waals surface area contributed by atoms with Crippen LogP contribution in [0.5, 0.6) is 0 Å². The van der Waals surface area contributed by atoms with Crippen LogP contribution < -0.4 is 0 Å². The second-order valence-electron chi connectivity index (χ2n) is 6.75. The molecule has 2 saturated carbocycles. The zero-order valence-electron chi connectivity index (χ0n) is 12.1. The van der Waals surface area contributed by atoms with Gasteiger partial charge in [-0.1, -0.05) is 67.6 Å². The van der Waals surface area contributed by atoms with Gasteiger partial charge in [0.15, 0.2) is 0 Å². The molecule has 0 aromatic heterocycles.